The largest absolute Gasteiger partial charge is 0.344 e. The van der Waals surface area contributed by atoms with E-state index in [9.17, 15) is 18.0 Å². The van der Waals surface area contributed by atoms with E-state index in [4.69, 9.17) is 11.6 Å². The van der Waals surface area contributed by atoms with E-state index in [2.05, 4.69) is 15.3 Å². The van der Waals surface area contributed by atoms with Crippen LogP contribution in [0.4, 0.5) is 13.2 Å². The Balaban J connectivity index is 1.90. The van der Waals surface area contributed by atoms with Crippen LogP contribution in [0.25, 0.3) is 11.0 Å². The molecular formula is C17H14ClF3N4O. The van der Waals surface area contributed by atoms with Crippen LogP contribution in [0.2, 0.25) is 5.15 Å². The predicted octanol–water partition coefficient (Wildman–Crippen LogP) is 4.19. The zero-order chi connectivity index (χ0) is 19.0. The van der Waals surface area contributed by atoms with Gasteiger partial charge < -0.3 is 9.88 Å². The highest BCUT2D eigenvalue weighted by Gasteiger charge is 2.22. The standard InChI is InChI=1S/C17H14ClF3N4O/c1-8(9-4-3-5-10(13(9)19)15(20)21)24-17(26)12-6-11-14(18)22-7-23-16(11)25(12)2/h3-8,15H,1-2H3,(H,24,26)/t8-/m1/s1. The number of fused-ring (bicyclic) bond motifs is 1. The molecule has 1 N–H and O–H groups in total. The van der Waals surface area contributed by atoms with Crippen LogP contribution in [0.5, 0.6) is 0 Å². The number of benzene rings is 1. The first-order valence-electron chi connectivity index (χ1n) is 7.64. The zero-order valence-corrected chi connectivity index (χ0v) is 14.6. The Hall–Kier alpha value is -2.61. The van der Waals surface area contributed by atoms with Gasteiger partial charge in [-0.15, -0.1) is 0 Å². The van der Waals surface area contributed by atoms with Crippen LogP contribution in [0, 0.1) is 5.82 Å². The fraction of sp³-hybridized carbons (Fsp3) is 0.235. The minimum atomic E-state index is -2.93. The summed E-state index contributed by atoms with van der Waals surface area (Å²) in [6, 6.07) is 4.40. The molecule has 1 amide bonds. The Labute approximate surface area is 151 Å². The van der Waals surface area contributed by atoms with Crippen molar-refractivity contribution >= 4 is 28.5 Å². The normalized spacial score (nSPS) is 12.6. The number of carbonyl (C=O) groups excluding carboxylic acids is 1. The quantitative estimate of drug-likeness (QED) is 0.688. The lowest BCUT2D eigenvalue weighted by Gasteiger charge is -2.17. The third-order valence-corrected chi connectivity index (χ3v) is 4.42. The molecule has 136 valence electrons. The number of aryl methyl sites for hydroxylation is 1. The second-order valence-corrected chi connectivity index (χ2v) is 6.09. The van der Waals surface area contributed by atoms with Crippen molar-refractivity contribution in [1.82, 2.24) is 19.9 Å². The van der Waals surface area contributed by atoms with Crippen molar-refractivity contribution in [3.05, 3.63) is 58.4 Å². The van der Waals surface area contributed by atoms with Gasteiger partial charge in [-0.3, -0.25) is 4.79 Å². The molecule has 5 nitrogen and oxygen atoms in total. The van der Waals surface area contributed by atoms with Crippen molar-refractivity contribution in [2.45, 2.75) is 19.4 Å². The highest BCUT2D eigenvalue weighted by Crippen LogP contribution is 2.28. The number of alkyl halides is 2. The number of halogens is 4. The summed E-state index contributed by atoms with van der Waals surface area (Å²) in [4.78, 5) is 20.5. The Morgan fingerprint density at radius 2 is 1.96 bits per heavy atom. The number of nitrogens with one attached hydrogen (secondary N) is 1. The van der Waals surface area contributed by atoms with Crippen molar-refractivity contribution in [3.63, 3.8) is 0 Å². The minimum Gasteiger partial charge on any atom is -0.344 e. The summed E-state index contributed by atoms with van der Waals surface area (Å²) in [5.74, 6) is -1.54. The van der Waals surface area contributed by atoms with E-state index in [1.807, 2.05) is 0 Å². The second kappa shape index (κ2) is 6.95. The summed E-state index contributed by atoms with van der Waals surface area (Å²) in [7, 11) is 1.63. The number of hydrogen-bond donors (Lipinski definition) is 1. The van der Waals surface area contributed by atoms with E-state index in [1.165, 1.54) is 36.0 Å². The number of amides is 1. The van der Waals surface area contributed by atoms with Crippen LogP contribution >= 0.6 is 11.6 Å². The first-order chi connectivity index (χ1) is 12.3. The molecule has 0 radical (unpaired) electrons. The molecular weight excluding hydrogens is 369 g/mol. The molecule has 3 aromatic rings. The van der Waals surface area contributed by atoms with Gasteiger partial charge in [0.05, 0.1) is 17.0 Å². The van der Waals surface area contributed by atoms with E-state index in [0.717, 1.165) is 6.07 Å². The van der Waals surface area contributed by atoms with Gasteiger partial charge in [0.15, 0.2) is 0 Å². The first kappa shape index (κ1) is 18.2. The molecule has 0 aliphatic heterocycles. The van der Waals surface area contributed by atoms with Gasteiger partial charge in [-0.2, -0.15) is 0 Å². The molecule has 2 aromatic heterocycles. The van der Waals surface area contributed by atoms with Gasteiger partial charge in [0.2, 0.25) is 0 Å². The predicted molar refractivity (Wildman–Crippen MR) is 90.8 cm³/mol. The number of aromatic nitrogens is 3. The van der Waals surface area contributed by atoms with Crippen LogP contribution in [-0.2, 0) is 7.05 Å². The average molecular weight is 383 g/mol. The fourth-order valence-electron chi connectivity index (χ4n) is 2.74. The molecule has 0 aliphatic rings. The number of carbonyl (C=O) groups is 1. The van der Waals surface area contributed by atoms with Crippen molar-refractivity contribution in [2.75, 3.05) is 0 Å². The Bertz CT molecular complexity index is 990. The molecule has 9 heteroatoms. The maximum Gasteiger partial charge on any atom is 0.268 e. The monoisotopic (exact) mass is 382 g/mol. The fourth-order valence-corrected chi connectivity index (χ4v) is 2.92. The van der Waals surface area contributed by atoms with Crippen LogP contribution in [0.15, 0.2) is 30.6 Å². The van der Waals surface area contributed by atoms with Gasteiger partial charge in [-0.1, -0.05) is 29.8 Å². The minimum absolute atomic E-state index is 0.0206. The lowest BCUT2D eigenvalue weighted by atomic mass is 10.0. The molecule has 0 spiro atoms. The topological polar surface area (TPSA) is 59.8 Å². The Kier molecular flexibility index (Phi) is 4.86. The smallest absolute Gasteiger partial charge is 0.268 e. The van der Waals surface area contributed by atoms with E-state index in [0.29, 0.717) is 11.0 Å². The molecule has 0 aliphatic carbocycles. The van der Waals surface area contributed by atoms with E-state index < -0.39 is 29.8 Å². The summed E-state index contributed by atoms with van der Waals surface area (Å²) in [6.07, 6.45) is -1.66. The third-order valence-electron chi connectivity index (χ3n) is 4.11. The summed E-state index contributed by atoms with van der Waals surface area (Å²) >= 11 is 6.00. The number of nitrogens with zero attached hydrogens (tertiary/aromatic N) is 3. The molecule has 0 saturated carbocycles. The van der Waals surface area contributed by atoms with E-state index >= 15 is 0 Å². The van der Waals surface area contributed by atoms with Crippen LogP contribution in [0.1, 0.15) is 41.0 Å². The van der Waals surface area contributed by atoms with E-state index in [1.54, 1.807) is 7.05 Å². The van der Waals surface area contributed by atoms with Crippen LogP contribution < -0.4 is 5.32 Å². The van der Waals surface area contributed by atoms with Gasteiger partial charge >= 0.3 is 0 Å². The van der Waals surface area contributed by atoms with Crippen molar-refractivity contribution in [1.29, 1.82) is 0 Å². The molecule has 2 heterocycles. The SMILES string of the molecule is C[C@@H](NC(=O)c1cc2c(Cl)ncnc2n1C)c1cccc(C(F)F)c1F. The summed E-state index contributed by atoms with van der Waals surface area (Å²) in [6.45, 7) is 1.51. The molecule has 1 aromatic carbocycles. The van der Waals surface area contributed by atoms with Crippen molar-refractivity contribution < 1.29 is 18.0 Å². The molecule has 0 fully saturated rings. The molecule has 1 atom stereocenters. The van der Waals surface area contributed by atoms with Crippen molar-refractivity contribution in [2.24, 2.45) is 7.05 Å². The first-order valence-corrected chi connectivity index (χ1v) is 8.02. The molecule has 26 heavy (non-hydrogen) atoms. The van der Waals surface area contributed by atoms with Gasteiger partial charge in [-0.25, -0.2) is 23.1 Å². The summed E-state index contributed by atoms with van der Waals surface area (Å²) < 4.78 is 41.5. The number of hydrogen-bond acceptors (Lipinski definition) is 3. The van der Waals surface area contributed by atoms with Crippen LogP contribution in [0.3, 0.4) is 0 Å². The van der Waals surface area contributed by atoms with Gasteiger partial charge in [-0.05, 0) is 13.0 Å². The van der Waals surface area contributed by atoms with Gasteiger partial charge in [0, 0.05) is 12.6 Å². The Morgan fingerprint density at radius 1 is 1.27 bits per heavy atom. The van der Waals surface area contributed by atoms with Crippen LogP contribution in [-0.4, -0.2) is 20.4 Å². The Morgan fingerprint density at radius 3 is 2.62 bits per heavy atom. The molecule has 3 rings (SSSR count). The third kappa shape index (κ3) is 3.12. The highest BCUT2D eigenvalue weighted by atomic mass is 35.5. The lowest BCUT2D eigenvalue weighted by molar-refractivity contribution is 0.0931. The second-order valence-electron chi connectivity index (χ2n) is 5.74. The van der Waals surface area contributed by atoms with E-state index in [-0.39, 0.29) is 16.4 Å². The van der Waals surface area contributed by atoms with Gasteiger partial charge in [0.1, 0.15) is 28.6 Å². The maximum atomic E-state index is 14.3. The van der Waals surface area contributed by atoms with Gasteiger partial charge in [0.25, 0.3) is 12.3 Å². The summed E-state index contributed by atoms with van der Waals surface area (Å²) in [5.41, 5.74) is -0.0173. The lowest BCUT2D eigenvalue weighted by Crippen LogP contribution is -2.29. The number of rotatable bonds is 4. The average Bonchev–Trinajstić information content (AvgIpc) is 2.93. The highest BCUT2D eigenvalue weighted by molar-refractivity contribution is 6.34. The zero-order valence-electron chi connectivity index (χ0n) is 13.8. The maximum absolute atomic E-state index is 14.3. The molecule has 0 bridgehead atoms. The molecule has 0 unspecified atom stereocenters. The summed E-state index contributed by atoms with van der Waals surface area (Å²) in [5, 5.41) is 3.31. The van der Waals surface area contributed by atoms with Crippen molar-refractivity contribution in [3.8, 4) is 0 Å². The molecule has 0 saturated heterocycles.